The Labute approximate surface area is 132 Å². The maximum atomic E-state index is 12.7. The predicted octanol–water partition coefficient (Wildman–Crippen LogP) is 2.75. The number of amides is 2. The lowest BCUT2D eigenvalue weighted by Crippen LogP contribution is -2.42. The molecule has 0 saturated carbocycles. The van der Waals surface area contributed by atoms with Crippen LogP contribution in [0.2, 0.25) is 0 Å². The number of carbonyl (C=O) groups excluding carboxylic acids is 2. The van der Waals surface area contributed by atoms with Gasteiger partial charge in [-0.3, -0.25) is 9.59 Å². The highest BCUT2D eigenvalue weighted by Gasteiger charge is 2.31. The van der Waals surface area contributed by atoms with E-state index in [1.165, 1.54) is 5.56 Å². The first kappa shape index (κ1) is 15.1. The summed E-state index contributed by atoms with van der Waals surface area (Å²) in [6, 6.07) is 10.4. The Morgan fingerprint density at radius 1 is 1.05 bits per heavy atom. The molecule has 2 aliphatic rings. The van der Waals surface area contributed by atoms with Gasteiger partial charge in [0.25, 0.3) is 0 Å². The molecular weight excluding hydrogens is 276 g/mol. The van der Waals surface area contributed by atoms with Gasteiger partial charge in [0.2, 0.25) is 11.8 Å². The van der Waals surface area contributed by atoms with E-state index in [4.69, 9.17) is 0 Å². The maximum Gasteiger partial charge on any atom is 0.242 e. The van der Waals surface area contributed by atoms with Crippen molar-refractivity contribution >= 4 is 11.8 Å². The fourth-order valence-corrected chi connectivity index (χ4v) is 3.55. The van der Waals surface area contributed by atoms with Crippen LogP contribution in [0.4, 0.5) is 0 Å². The number of hydrogen-bond acceptors (Lipinski definition) is 2. The van der Waals surface area contributed by atoms with Crippen LogP contribution in [0.3, 0.4) is 0 Å². The van der Waals surface area contributed by atoms with Crippen LogP contribution in [0, 0.1) is 0 Å². The average molecular weight is 300 g/mol. The molecule has 0 radical (unpaired) electrons. The minimum absolute atomic E-state index is 0.0987. The van der Waals surface area contributed by atoms with Gasteiger partial charge >= 0.3 is 0 Å². The summed E-state index contributed by atoms with van der Waals surface area (Å²) in [6.07, 6.45) is 5.71. The highest BCUT2D eigenvalue weighted by Crippen LogP contribution is 2.31. The maximum absolute atomic E-state index is 12.7. The summed E-state index contributed by atoms with van der Waals surface area (Å²) in [5, 5.41) is 0. The van der Waals surface area contributed by atoms with Crippen molar-refractivity contribution in [1.29, 1.82) is 0 Å². The Kier molecular flexibility index (Phi) is 4.76. The summed E-state index contributed by atoms with van der Waals surface area (Å²) >= 11 is 0. The van der Waals surface area contributed by atoms with Gasteiger partial charge < -0.3 is 9.80 Å². The van der Waals surface area contributed by atoms with Crippen molar-refractivity contribution in [3.63, 3.8) is 0 Å². The molecule has 0 aromatic heterocycles. The molecule has 2 saturated heterocycles. The zero-order chi connectivity index (χ0) is 15.4. The molecule has 0 aliphatic carbocycles. The summed E-state index contributed by atoms with van der Waals surface area (Å²) < 4.78 is 0. The molecule has 0 unspecified atom stereocenters. The molecule has 2 amide bonds. The van der Waals surface area contributed by atoms with Gasteiger partial charge in [0.1, 0.15) is 0 Å². The topological polar surface area (TPSA) is 40.6 Å². The fourth-order valence-electron chi connectivity index (χ4n) is 3.55. The van der Waals surface area contributed by atoms with Gasteiger partial charge in [-0.1, -0.05) is 36.8 Å². The van der Waals surface area contributed by atoms with Gasteiger partial charge in [-0.2, -0.15) is 0 Å². The smallest absolute Gasteiger partial charge is 0.242 e. The number of hydrogen-bond donors (Lipinski definition) is 0. The average Bonchev–Trinajstić information content (AvgIpc) is 2.95. The third-order valence-corrected chi connectivity index (χ3v) is 4.75. The number of rotatable bonds is 3. The van der Waals surface area contributed by atoms with E-state index in [-0.39, 0.29) is 24.4 Å². The van der Waals surface area contributed by atoms with Crippen molar-refractivity contribution < 1.29 is 9.59 Å². The second-order valence-corrected chi connectivity index (χ2v) is 6.28. The fraction of sp³-hybridized carbons (Fsp3) is 0.556. The van der Waals surface area contributed by atoms with Crippen LogP contribution in [-0.2, 0) is 9.59 Å². The van der Waals surface area contributed by atoms with Gasteiger partial charge in [0.05, 0.1) is 12.6 Å². The highest BCUT2D eigenvalue weighted by atomic mass is 16.2. The van der Waals surface area contributed by atoms with Crippen molar-refractivity contribution in [2.45, 2.75) is 44.6 Å². The minimum Gasteiger partial charge on any atom is -0.334 e. The molecule has 2 aliphatic heterocycles. The van der Waals surface area contributed by atoms with Crippen molar-refractivity contribution in [2.75, 3.05) is 19.6 Å². The lowest BCUT2D eigenvalue weighted by atomic mass is 10.0. The first-order valence-electron chi connectivity index (χ1n) is 8.38. The molecule has 2 fully saturated rings. The summed E-state index contributed by atoms with van der Waals surface area (Å²) in [6.45, 7) is 1.79. The van der Waals surface area contributed by atoms with Gasteiger partial charge in [-0.05, 0) is 31.2 Å². The molecule has 1 atom stereocenters. The number of nitrogens with zero attached hydrogens (tertiary/aromatic N) is 2. The molecule has 2 heterocycles. The van der Waals surface area contributed by atoms with E-state index in [0.29, 0.717) is 6.42 Å². The lowest BCUT2D eigenvalue weighted by molar-refractivity contribution is -0.140. The third-order valence-electron chi connectivity index (χ3n) is 4.75. The van der Waals surface area contributed by atoms with Crippen LogP contribution in [0.25, 0.3) is 0 Å². The molecule has 0 bridgehead atoms. The third kappa shape index (κ3) is 3.32. The van der Waals surface area contributed by atoms with Crippen LogP contribution >= 0.6 is 0 Å². The summed E-state index contributed by atoms with van der Waals surface area (Å²) in [4.78, 5) is 28.5. The Bertz CT molecular complexity index is 529. The molecule has 22 heavy (non-hydrogen) atoms. The quantitative estimate of drug-likeness (QED) is 0.861. The molecule has 4 nitrogen and oxygen atoms in total. The van der Waals surface area contributed by atoms with Gasteiger partial charge in [-0.25, -0.2) is 0 Å². The highest BCUT2D eigenvalue weighted by molar-refractivity contribution is 5.85. The van der Waals surface area contributed by atoms with Crippen LogP contribution in [0.5, 0.6) is 0 Å². The molecular formula is C18H24N2O2. The van der Waals surface area contributed by atoms with E-state index in [0.717, 1.165) is 45.2 Å². The SMILES string of the molecule is O=C1CCCCCN1CC(=O)N1CCC[C@@H]1c1ccccc1. The first-order valence-corrected chi connectivity index (χ1v) is 8.38. The van der Waals surface area contributed by atoms with E-state index in [9.17, 15) is 9.59 Å². The summed E-state index contributed by atoms with van der Waals surface area (Å²) in [5.41, 5.74) is 1.20. The van der Waals surface area contributed by atoms with Crippen molar-refractivity contribution in [3.8, 4) is 0 Å². The Balaban J connectivity index is 1.67. The molecule has 1 aromatic rings. The molecule has 0 N–H and O–H groups in total. The van der Waals surface area contributed by atoms with E-state index in [1.54, 1.807) is 4.90 Å². The second kappa shape index (κ2) is 6.95. The standard InChI is InChI=1S/C18H24N2O2/c21-17-11-5-2-6-12-19(17)14-18(22)20-13-7-10-16(20)15-8-3-1-4-9-15/h1,3-4,8-9,16H,2,5-7,10-14H2/t16-/m1/s1. The van der Waals surface area contributed by atoms with Gasteiger partial charge in [0.15, 0.2) is 0 Å². The van der Waals surface area contributed by atoms with Crippen molar-refractivity contribution in [1.82, 2.24) is 9.80 Å². The molecule has 0 spiro atoms. The van der Waals surface area contributed by atoms with E-state index in [2.05, 4.69) is 12.1 Å². The normalized spacial score (nSPS) is 22.7. The van der Waals surface area contributed by atoms with E-state index in [1.807, 2.05) is 23.1 Å². The molecule has 4 heteroatoms. The van der Waals surface area contributed by atoms with Crippen LogP contribution in [0.1, 0.15) is 50.1 Å². The number of benzene rings is 1. The second-order valence-electron chi connectivity index (χ2n) is 6.28. The van der Waals surface area contributed by atoms with Gasteiger partial charge in [-0.15, -0.1) is 0 Å². The number of carbonyl (C=O) groups is 2. The van der Waals surface area contributed by atoms with Gasteiger partial charge in [0, 0.05) is 19.5 Å². The van der Waals surface area contributed by atoms with Crippen molar-refractivity contribution in [2.24, 2.45) is 0 Å². The van der Waals surface area contributed by atoms with E-state index >= 15 is 0 Å². The molecule has 118 valence electrons. The molecule has 3 rings (SSSR count). The Morgan fingerprint density at radius 2 is 1.86 bits per heavy atom. The van der Waals surface area contributed by atoms with Crippen molar-refractivity contribution in [3.05, 3.63) is 35.9 Å². The first-order chi connectivity index (χ1) is 10.8. The summed E-state index contributed by atoms with van der Waals surface area (Å²) in [5.74, 6) is 0.239. The summed E-state index contributed by atoms with van der Waals surface area (Å²) in [7, 11) is 0. The Hall–Kier alpha value is -1.84. The Morgan fingerprint density at radius 3 is 2.68 bits per heavy atom. The monoisotopic (exact) mass is 300 g/mol. The van der Waals surface area contributed by atoms with E-state index < -0.39 is 0 Å². The van der Waals surface area contributed by atoms with Crippen LogP contribution in [-0.4, -0.2) is 41.2 Å². The lowest BCUT2D eigenvalue weighted by Gasteiger charge is -2.28. The molecule has 1 aromatic carbocycles. The van der Waals surface area contributed by atoms with Crippen LogP contribution in [0.15, 0.2) is 30.3 Å². The predicted molar refractivity (Wildman–Crippen MR) is 85.2 cm³/mol. The minimum atomic E-state index is 0.0987. The zero-order valence-electron chi connectivity index (χ0n) is 13.0. The largest absolute Gasteiger partial charge is 0.334 e. The number of likely N-dealkylation sites (tertiary alicyclic amines) is 2. The zero-order valence-corrected chi connectivity index (χ0v) is 13.0. The van der Waals surface area contributed by atoms with Crippen LogP contribution < -0.4 is 0 Å².